The number of aryl methyl sites for hydroxylation is 1. The van der Waals surface area contributed by atoms with Gasteiger partial charge in [-0.1, -0.05) is 59.6 Å². The molecule has 0 amide bonds. The molecule has 0 aliphatic rings. The third kappa shape index (κ3) is 11.8. The molecule has 3 aromatic carbocycles. The predicted octanol–water partition coefficient (Wildman–Crippen LogP) is 8.69. The van der Waals surface area contributed by atoms with Crippen LogP contribution >= 0.6 is 23.2 Å². The number of ketones is 1. The number of alkyl halides is 3. The second-order valence-corrected chi connectivity index (χ2v) is 12.6. The van der Waals surface area contributed by atoms with Crippen LogP contribution in [0.15, 0.2) is 72.8 Å². The van der Waals surface area contributed by atoms with Gasteiger partial charge in [-0.2, -0.15) is 13.2 Å². The van der Waals surface area contributed by atoms with Gasteiger partial charge in [-0.05, 0) is 100 Å². The Bertz CT molecular complexity index is 1310. The fourth-order valence-electron chi connectivity index (χ4n) is 4.72. The third-order valence-electron chi connectivity index (χ3n) is 6.85. The van der Waals surface area contributed by atoms with Crippen molar-refractivity contribution in [2.24, 2.45) is 0 Å². The van der Waals surface area contributed by atoms with Crippen LogP contribution < -0.4 is 4.74 Å². The summed E-state index contributed by atoms with van der Waals surface area (Å²) in [6, 6.07) is 22.3. The second kappa shape index (κ2) is 15.8. The van der Waals surface area contributed by atoms with E-state index in [1.54, 1.807) is 45.0 Å². The van der Waals surface area contributed by atoms with Gasteiger partial charge in [0.05, 0.1) is 0 Å². The van der Waals surface area contributed by atoms with E-state index in [9.17, 15) is 22.8 Å². The third-order valence-corrected chi connectivity index (χ3v) is 7.35. The smallest absolute Gasteiger partial charge is 0.453 e. The molecule has 0 bridgehead atoms. The normalized spacial score (nSPS) is 12.8. The lowest BCUT2D eigenvalue weighted by molar-refractivity contribution is -0.179. The Morgan fingerprint density at radius 3 is 1.84 bits per heavy atom. The van der Waals surface area contributed by atoms with E-state index in [4.69, 9.17) is 32.7 Å². The van der Waals surface area contributed by atoms with Gasteiger partial charge in [0.25, 0.3) is 5.78 Å². The summed E-state index contributed by atoms with van der Waals surface area (Å²) in [6.45, 7) is 6.54. The fourth-order valence-corrected chi connectivity index (χ4v) is 4.97. The van der Waals surface area contributed by atoms with E-state index in [2.05, 4.69) is 11.9 Å². The fraction of sp³-hybridized carbons (Fsp3) is 0.412. The van der Waals surface area contributed by atoms with Gasteiger partial charge in [0, 0.05) is 35.3 Å². The maximum absolute atomic E-state index is 13.2. The van der Waals surface area contributed by atoms with Crippen molar-refractivity contribution in [2.75, 3.05) is 20.1 Å². The highest BCUT2D eigenvalue weighted by Gasteiger charge is 2.44. The molecule has 0 radical (unpaired) electrons. The molecule has 0 aliphatic carbocycles. The Hall–Kier alpha value is -3.07. The minimum Gasteiger partial charge on any atom is -0.482 e. The molecule has 0 aliphatic heterocycles. The number of halogens is 5. The molecule has 44 heavy (non-hydrogen) atoms. The summed E-state index contributed by atoms with van der Waals surface area (Å²) in [5.41, 5.74) is 2.48. The number of esters is 1. The number of hydrogen-bond acceptors (Lipinski definition) is 5. The number of hydrogen-bond donors (Lipinski definition) is 0. The predicted molar refractivity (Wildman–Crippen MR) is 168 cm³/mol. The monoisotopic (exact) mass is 651 g/mol. The minimum atomic E-state index is -5.09. The first-order valence-corrected chi connectivity index (χ1v) is 15.1. The number of carbonyl (C=O) groups excluding carboxylic acids is 2. The van der Waals surface area contributed by atoms with Crippen LogP contribution in [0.25, 0.3) is 0 Å². The Morgan fingerprint density at radius 2 is 1.36 bits per heavy atom. The maximum Gasteiger partial charge on any atom is 0.453 e. The molecular weight excluding hydrogens is 614 g/mol. The number of likely N-dealkylation sites (N-methyl/N-ethyl adjacent to an activating group) is 1. The van der Waals surface area contributed by atoms with Crippen molar-refractivity contribution in [3.63, 3.8) is 0 Å². The molecule has 0 heterocycles. The standard InChI is InChI=1S/C34H38Cl2F3NO4/c1-33(2,3)44-31(41)20-19-30(32(42)34(37,38)39)43-28-17-7-23(8-18-28)6-5-21-40(4)22-29(24-9-13-26(35)14-10-24)25-11-15-27(36)16-12-25/h7-18,29-30H,5-6,19-22H2,1-4H3. The van der Waals surface area contributed by atoms with Crippen LogP contribution in [0.4, 0.5) is 13.2 Å². The number of carbonyl (C=O) groups is 2. The van der Waals surface area contributed by atoms with E-state index in [1.165, 1.54) is 0 Å². The zero-order valence-corrected chi connectivity index (χ0v) is 26.8. The largest absolute Gasteiger partial charge is 0.482 e. The van der Waals surface area contributed by atoms with Crippen molar-refractivity contribution in [3.05, 3.63) is 99.5 Å². The van der Waals surface area contributed by atoms with Gasteiger partial charge in [-0.15, -0.1) is 0 Å². The number of rotatable bonds is 14. The lowest BCUT2D eigenvalue weighted by Crippen LogP contribution is -2.39. The molecule has 0 spiro atoms. The first-order chi connectivity index (χ1) is 20.6. The molecule has 1 atom stereocenters. The van der Waals surface area contributed by atoms with Gasteiger partial charge in [0.1, 0.15) is 11.4 Å². The van der Waals surface area contributed by atoms with E-state index in [-0.39, 0.29) is 18.1 Å². The maximum atomic E-state index is 13.2. The molecule has 10 heteroatoms. The van der Waals surface area contributed by atoms with E-state index < -0.39 is 36.1 Å². The van der Waals surface area contributed by atoms with Crippen LogP contribution in [0.2, 0.25) is 10.0 Å². The molecule has 5 nitrogen and oxygen atoms in total. The van der Waals surface area contributed by atoms with E-state index >= 15 is 0 Å². The van der Waals surface area contributed by atoms with Crippen LogP contribution in [-0.4, -0.2) is 54.7 Å². The molecule has 3 rings (SSSR count). The van der Waals surface area contributed by atoms with Gasteiger partial charge >= 0.3 is 12.1 Å². The van der Waals surface area contributed by atoms with Crippen LogP contribution in [0, 0.1) is 0 Å². The summed E-state index contributed by atoms with van der Waals surface area (Å²) < 4.78 is 50.2. The molecule has 0 saturated heterocycles. The van der Waals surface area contributed by atoms with Gasteiger partial charge in [0.2, 0.25) is 0 Å². The molecule has 238 valence electrons. The van der Waals surface area contributed by atoms with Gasteiger partial charge in [0.15, 0.2) is 6.10 Å². The number of Topliss-reactive ketones (excluding diaryl/α,β-unsaturated/α-hetero) is 1. The molecule has 1 unspecified atom stereocenters. The quantitative estimate of drug-likeness (QED) is 0.163. The Labute approximate surface area is 267 Å². The molecule has 0 aromatic heterocycles. The molecular formula is C34H38Cl2F3NO4. The zero-order chi connectivity index (χ0) is 32.5. The second-order valence-electron chi connectivity index (χ2n) is 11.8. The highest BCUT2D eigenvalue weighted by Crippen LogP contribution is 2.28. The molecule has 3 aromatic rings. The summed E-state index contributed by atoms with van der Waals surface area (Å²) >= 11 is 12.2. The highest BCUT2D eigenvalue weighted by atomic mass is 35.5. The molecule has 0 N–H and O–H groups in total. The molecule has 0 fully saturated rings. The number of ether oxygens (including phenoxy) is 2. The summed E-state index contributed by atoms with van der Waals surface area (Å²) in [4.78, 5) is 26.3. The number of nitrogens with zero attached hydrogens (tertiary/aromatic N) is 1. The summed E-state index contributed by atoms with van der Waals surface area (Å²) in [6.07, 6.45) is -6.20. The zero-order valence-electron chi connectivity index (χ0n) is 25.3. The van der Waals surface area contributed by atoms with Crippen molar-refractivity contribution < 1.29 is 32.2 Å². The van der Waals surface area contributed by atoms with E-state index in [0.717, 1.165) is 42.6 Å². The van der Waals surface area contributed by atoms with E-state index in [1.807, 2.05) is 48.5 Å². The Morgan fingerprint density at radius 1 is 0.841 bits per heavy atom. The average Bonchev–Trinajstić information content (AvgIpc) is 2.94. The average molecular weight is 653 g/mol. The van der Waals surface area contributed by atoms with Gasteiger partial charge in [-0.3, -0.25) is 9.59 Å². The highest BCUT2D eigenvalue weighted by molar-refractivity contribution is 6.30. The van der Waals surface area contributed by atoms with Crippen molar-refractivity contribution in [3.8, 4) is 5.75 Å². The lowest BCUT2D eigenvalue weighted by atomic mass is 9.91. The van der Waals surface area contributed by atoms with Crippen molar-refractivity contribution in [1.29, 1.82) is 0 Å². The topological polar surface area (TPSA) is 55.8 Å². The van der Waals surface area contributed by atoms with Gasteiger partial charge in [-0.25, -0.2) is 0 Å². The first kappa shape index (κ1) is 35.4. The summed E-state index contributed by atoms with van der Waals surface area (Å²) in [5.74, 6) is -2.50. The van der Waals surface area contributed by atoms with Crippen LogP contribution in [0.5, 0.6) is 5.75 Å². The lowest BCUT2D eigenvalue weighted by Gasteiger charge is -2.25. The molecule has 0 saturated carbocycles. The van der Waals surface area contributed by atoms with Gasteiger partial charge < -0.3 is 14.4 Å². The number of benzene rings is 3. The van der Waals surface area contributed by atoms with Crippen molar-refractivity contribution >= 4 is 35.0 Å². The van der Waals surface area contributed by atoms with Crippen molar-refractivity contribution in [1.82, 2.24) is 4.90 Å². The minimum absolute atomic E-state index is 0.117. The summed E-state index contributed by atoms with van der Waals surface area (Å²) in [5, 5.41) is 1.35. The van der Waals surface area contributed by atoms with Crippen LogP contribution in [0.1, 0.15) is 62.6 Å². The Kier molecular flexibility index (Phi) is 12.7. The van der Waals surface area contributed by atoms with E-state index in [0.29, 0.717) is 10.0 Å². The SMILES string of the molecule is CN(CCCc1ccc(OC(CCC(=O)OC(C)(C)C)C(=O)C(F)(F)F)cc1)CC(c1ccc(Cl)cc1)c1ccc(Cl)cc1. The van der Waals surface area contributed by atoms with Crippen molar-refractivity contribution in [2.45, 2.75) is 70.3 Å². The first-order valence-electron chi connectivity index (χ1n) is 14.4. The van der Waals surface area contributed by atoms with Crippen LogP contribution in [-0.2, 0) is 20.7 Å². The summed E-state index contributed by atoms with van der Waals surface area (Å²) in [7, 11) is 2.06. The van der Waals surface area contributed by atoms with Crippen LogP contribution in [0.3, 0.4) is 0 Å². The Balaban J connectivity index is 1.57.